The number of benzene rings is 4. The van der Waals surface area contributed by atoms with E-state index in [1.807, 2.05) is 77.4 Å². The Morgan fingerprint density at radius 1 is 0.613 bits per heavy atom. The first-order chi connectivity index (χ1) is 15.1. The number of fused-ring (bicyclic) bond motifs is 6. The molecule has 0 N–H and O–H groups in total. The Balaban J connectivity index is 1.71. The van der Waals surface area contributed by atoms with Crippen molar-refractivity contribution in [2.75, 3.05) is 0 Å². The van der Waals surface area contributed by atoms with Crippen LogP contribution in [0.25, 0.3) is 43.4 Å². The minimum Gasteiger partial charge on any atom is -0.323 e. The second-order valence-electron chi connectivity index (χ2n) is 8.18. The van der Waals surface area contributed by atoms with Crippen molar-refractivity contribution in [2.45, 2.75) is 20.5 Å². The number of nitrogens with zero attached hydrogens (tertiary/aromatic N) is 2. The summed E-state index contributed by atoms with van der Waals surface area (Å²) in [5.74, 6) is -0.535. The van der Waals surface area contributed by atoms with Crippen LogP contribution in [0.4, 0.5) is 8.78 Å². The Labute approximate surface area is 177 Å². The smallest absolute Gasteiger partial charge is 0.199 e. The molecule has 152 valence electrons. The highest BCUT2D eigenvalue weighted by Crippen LogP contribution is 2.34. The third-order valence-electron chi connectivity index (χ3n) is 6.53. The van der Waals surface area contributed by atoms with Crippen LogP contribution in [0.5, 0.6) is 0 Å². The van der Waals surface area contributed by atoms with Gasteiger partial charge in [0.25, 0.3) is 0 Å². The maximum Gasteiger partial charge on any atom is 0.199 e. The summed E-state index contributed by atoms with van der Waals surface area (Å²) < 4.78 is 34.3. The second-order valence-corrected chi connectivity index (χ2v) is 8.18. The zero-order valence-electron chi connectivity index (χ0n) is 17.3. The second kappa shape index (κ2) is 6.42. The number of halogens is 2. The van der Waals surface area contributed by atoms with Crippen LogP contribution in [0.1, 0.15) is 11.3 Å². The Morgan fingerprint density at radius 3 is 1.81 bits per heavy atom. The number of rotatable bonds is 2. The number of aromatic nitrogens is 2. The van der Waals surface area contributed by atoms with E-state index in [2.05, 4.69) is 0 Å². The largest absolute Gasteiger partial charge is 0.323 e. The van der Waals surface area contributed by atoms with Crippen molar-refractivity contribution in [3.8, 4) is 0 Å². The first kappa shape index (κ1) is 18.1. The fourth-order valence-electron chi connectivity index (χ4n) is 4.92. The van der Waals surface area contributed by atoms with Crippen molar-refractivity contribution in [3.63, 3.8) is 0 Å². The molecule has 0 radical (unpaired) electrons. The molecule has 2 nitrogen and oxygen atoms in total. The molecule has 2 aromatic heterocycles. The van der Waals surface area contributed by atoms with Crippen molar-refractivity contribution in [1.82, 2.24) is 9.13 Å². The van der Waals surface area contributed by atoms with Gasteiger partial charge >= 0.3 is 0 Å². The number of hydrogen-bond donors (Lipinski definition) is 0. The van der Waals surface area contributed by atoms with Gasteiger partial charge in [-0.2, -0.15) is 4.39 Å². The van der Waals surface area contributed by atoms with Crippen LogP contribution in [-0.2, 0) is 6.67 Å². The zero-order chi connectivity index (χ0) is 21.3. The SMILES string of the molecule is Cc1c(F)n(Cn2c(C)c(F)c3ccc4ccccc4c32)c2c1ccc1ccccc12. The molecular formula is C27H20F2N2. The monoisotopic (exact) mass is 410 g/mol. The third kappa shape index (κ3) is 2.42. The predicted molar refractivity (Wildman–Crippen MR) is 124 cm³/mol. The van der Waals surface area contributed by atoms with Gasteiger partial charge in [0, 0.05) is 27.1 Å². The van der Waals surface area contributed by atoms with E-state index < -0.39 is 0 Å². The summed E-state index contributed by atoms with van der Waals surface area (Å²) in [6.07, 6.45) is 0. The van der Waals surface area contributed by atoms with Gasteiger partial charge in [0.15, 0.2) is 11.8 Å². The molecule has 0 saturated heterocycles. The van der Waals surface area contributed by atoms with Gasteiger partial charge in [-0.15, -0.1) is 0 Å². The van der Waals surface area contributed by atoms with E-state index in [1.54, 1.807) is 18.4 Å². The molecule has 2 heterocycles. The quantitative estimate of drug-likeness (QED) is 0.283. The molecule has 0 unspecified atom stereocenters. The van der Waals surface area contributed by atoms with Crippen LogP contribution in [0, 0.1) is 25.6 Å². The van der Waals surface area contributed by atoms with E-state index in [1.165, 1.54) is 0 Å². The van der Waals surface area contributed by atoms with Crippen molar-refractivity contribution < 1.29 is 8.78 Å². The maximum absolute atomic E-state index is 15.5. The van der Waals surface area contributed by atoms with E-state index in [0.29, 0.717) is 16.6 Å². The van der Waals surface area contributed by atoms with Gasteiger partial charge in [0.1, 0.15) is 6.67 Å². The minimum absolute atomic E-state index is 0.199. The minimum atomic E-state index is -0.284. The van der Waals surface area contributed by atoms with Crippen LogP contribution in [-0.4, -0.2) is 9.13 Å². The van der Waals surface area contributed by atoms with E-state index in [4.69, 9.17) is 0 Å². The molecule has 0 aliphatic rings. The van der Waals surface area contributed by atoms with Gasteiger partial charge in [-0.1, -0.05) is 66.7 Å². The third-order valence-corrected chi connectivity index (χ3v) is 6.53. The van der Waals surface area contributed by atoms with Gasteiger partial charge < -0.3 is 4.57 Å². The van der Waals surface area contributed by atoms with Crippen LogP contribution >= 0.6 is 0 Å². The summed E-state index contributed by atoms with van der Waals surface area (Å²) >= 11 is 0. The average molecular weight is 410 g/mol. The maximum atomic E-state index is 15.5. The van der Waals surface area contributed by atoms with E-state index in [9.17, 15) is 0 Å². The lowest BCUT2D eigenvalue weighted by Gasteiger charge is -2.14. The highest BCUT2D eigenvalue weighted by molar-refractivity contribution is 6.08. The molecule has 31 heavy (non-hydrogen) atoms. The molecular weight excluding hydrogens is 390 g/mol. The number of hydrogen-bond acceptors (Lipinski definition) is 0. The fraction of sp³-hybridized carbons (Fsp3) is 0.111. The molecule has 0 amide bonds. The number of aryl methyl sites for hydroxylation is 1. The Hall–Kier alpha value is -3.66. The molecule has 6 rings (SSSR count). The summed E-state index contributed by atoms with van der Waals surface area (Å²) in [6.45, 7) is 3.77. The average Bonchev–Trinajstić information content (AvgIpc) is 3.20. The lowest BCUT2D eigenvalue weighted by molar-refractivity contribution is 0.474. The first-order valence-corrected chi connectivity index (χ1v) is 10.4. The molecule has 0 fully saturated rings. The van der Waals surface area contributed by atoms with Gasteiger partial charge in [0.2, 0.25) is 0 Å². The van der Waals surface area contributed by atoms with E-state index >= 15 is 8.78 Å². The summed E-state index contributed by atoms with van der Waals surface area (Å²) in [5, 5.41) is 5.50. The summed E-state index contributed by atoms with van der Waals surface area (Å²) in [6, 6.07) is 23.7. The van der Waals surface area contributed by atoms with E-state index in [0.717, 1.165) is 38.0 Å². The highest BCUT2D eigenvalue weighted by atomic mass is 19.1. The normalized spacial score (nSPS) is 12.0. The molecule has 0 saturated carbocycles. The Morgan fingerprint density at radius 2 is 1.16 bits per heavy atom. The lowest BCUT2D eigenvalue weighted by atomic mass is 10.1. The fourth-order valence-corrected chi connectivity index (χ4v) is 4.92. The Bertz CT molecular complexity index is 1530. The van der Waals surface area contributed by atoms with Crippen LogP contribution < -0.4 is 0 Å². The van der Waals surface area contributed by atoms with Crippen LogP contribution in [0.15, 0.2) is 72.8 Å². The highest BCUT2D eigenvalue weighted by Gasteiger charge is 2.21. The van der Waals surface area contributed by atoms with Crippen molar-refractivity contribution in [2.24, 2.45) is 0 Å². The van der Waals surface area contributed by atoms with Gasteiger partial charge in [-0.3, -0.25) is 4.57 Å². The molecule has 0 atom stereocenters. The van der Waals surface area contributed by atoms with Gasteiger partial charge in [-0.25, -0.2) is 4.39 Å². The summed E-state index contributed by atoms with van der Waals surface area (Å²) in [5.41, 5.74) is 2.76. The molecule has 6 aromatic rings. The topological polar surface area (TPSA) is 9.86 Å². The predicted octanol–water partition coefficient (Wildman–Crippen LogP) is 7.30. The van der Waals surface area contributed by atoms with Crippen LogP contribution in [0.3, 0.4) is 0 Å². The Kier molecular flexibility index (Phi) is 3.75. The van der Waals surface area contributed by atoms with Gasteiger partial charge in [-0.05, 0) is 30.7 Å². The molecule has 4 heteroatoms. The van der Waals surface area contributed by atoms with Crippen LogP contribution in [0.2, 0.25) is 0 Å². The summed E-state index contributed by atoms with van der Waals surface area (Å²) in [4.78, 5) is 0. The summed E-state index contributed by atoms with van der Waals surface area (Å²) in [7, 11) is 0. The van der Waals surface area contributed by atoms with Crippen molar-refractivity contribution in [1.29, 1.82) is 0 Å². The standard InChI is InChI=1S/C27H20F2N2/c1-16-20-13-11-18-7-3-5-9-21(18)25(20)31(27(16)29)15-30-17(2)24(28)23-14-12-19-8-4-6-10-22(19)26(23)30/h3-14H,15H2,1-2H3. The zero-order valence-corrected chi connectivity index (χ0v) is 17.3. The lowest BCUT2D eigenvalue weighted by Crippen LogP contribution is -2.12. The molecule has 4 aromatic carbocycles. The molecule has 0 aliphatic carbocycles. The van der Waals surface area contributed by atoms with E-state index in [-0.39, 0.29) is 18.4 Å². The molecule has 0 aliphatic heterocycles. The van der Waals surface area contributed by atoms with Crippen molar-refractivity contribution >= 4 is 43.4 Å². The van der Waals surface area contributed by atoms with Gasteiger partial charge in [0.05, 0.1) is 16.7 Å². The molecule has 0 spiro atoms. The molecule has 0 bridgehead atoms. The first-order valence-electron chi connectivity index (χ1n) is 10.4. The van der Waals surface area contributed by atoms with Crippen molar-refractivity contribution in [3.05, 3.63) is 95.8 Å².